The van der Waals surface area contributed by atoms with E-state index in [1.807, 2.05) is 12.2 Å². The number of carbonyl (C=O) groups excluding carboxylic acids is 3. The summed E-state index contributed by atoms with van der Waals surface area (Å²) in [6.45, 7) is 4.27. The molecule has 6 N–H and O–H groups in total. The van der Waals surface area contributed by atoms with Gasteiger partial charge in [0, 0.05) is 25.5 Å². The first kappa shape index (κ1) is 62.0. The van der Waals surface area contributed by atoms with Crippen molar-refractivity contribution >= 4 is 39.2 Å². The number of hydrogen-bond acceptors (Lipinski definition) is 16. The Kier molecular flexibility index (Phi) is 32.3. The van der Waals surface area contributed by atoms with Gasteiger partial charge in [-0.15, -0.1) is 0 Å². The van der Waals surface area contributed by atoms with E-state index < -0.39 is 83.7 Å². The van der Waals surface area contributed by atoms with Gasteiger partial charge in [-0.05, 0) is 50.2 Å². The third kappa shape index (κ3) is 29.8. The van der Waals surface area contributed by atoms with E-state index in [2.05, 4.69) is 30.1 Å². The monoisotopic (exact) mass is 1020 g/mol. The first-order valence-corrected chi connectivity index (χ1v) is 28.2. The molecular weight excluding hydrogens is 936 g/mol. The lowest BCUT2D eigenvalue weighted by atomic mass is 10.0. The Labute approximate surface area is 409 Å². The van der Waals surface area contributed by atoms with Gasteiger partial charge in [0.05, 0.1) is 13.2 Å². The second kappa shape index (κ2) is 35.9. The van der Waals surface area contributed by atoms with Gasteiger partial charge in [0.2, 0.25) is 0 Å². The summed E-state index contributed by atoms with van der Waals surface area (Å²) < 4.78 is 56.7. The molecule has 2 unspecified atom stereocenters. The number of phosphoric ester groups is 2. The van der Waals surface area contributed by atoms with Crippen molar-refractivity contribution in [2.75, 3.05) is 25.6 Å². The highest BCUT2D eigenvalue weighted by Gasteiger charge is 2.46. The van der Waals surface area contributed by atoms with Crippen molar-refractivity contribution in [3.8, 4) is 0 Å². The van der Waals surface area contributed by atoms with Crippen LogP contribution in [0, 0.1) is 5.92 Å². The maximum Gasteiger partial charge on any atom is 0.481 e. The lowest BCUT2D eigenvalue weighted by molar-refractivity contribution is -0.161. The molecule has 1 aromatic heterocycles. The van der Waals surface area contributed by atoms with Crippen LogP contribution in [-0.2, 0) is 51.1 Å². The van der Waals surface area contributed by atoms with E-state index in [4.69, 9.17) is 29.0 Å². The Balaban J connectivity index is 1.82. The predicted octanol–water partition coefficient (Wildman–Crippen LogP) is 9.26. The number of ether oxygens (including phenoxy) is 3. The molecule has 0 aromatic carbocycles. The van der Waals surface area contributed by atoms with Crippen LogP contribution in [0.2, 0.25) is 0 Å². The molecule has 1 saturated heterocycles. The fourth-order valence-corrected chi connectivity index (χ4v) is 9.59. The summed E-state index contributed by atoms with van der Waals surface area (Å²) in [6, 6.07) is 1.24. The molecule has 2 heterocycles. The van der Waals surface area contributed by atoms with Crippen LogP contribution in [0.1, 0.15) is 188 Å². The summed E-state index contributed by atoms with van der Waals surface area (Å²) >= 11 is 0. The van der Waals surface area contributed by atoms with Gasteiger partial charge < -0.3 is 39.9 Å². The number of rotatable bonds is 41. The summed E-state index contributed by atoms with van der Waals surface area (Å²) in [5.74, 6) is -0.454. The molecule has 19 nitrogen and oxygen atoms in total. The summed E-state index contributed by atoms with van der Waals surface area (Å²) in [7, 11) is -10.9. The van der Waals surface area contributed by atoms with Gasteiger partial charge in [-0.2, -0.15) is 9.29 Å². The molecule has 1 aliphatic rings. The van der Waals surface area contributed by atoms with Gasteiger partial charge in [-0.1, -0.05) is 148 Å². The quantitative estimate of drug-likeness (QED) is 0.0134. The molecule has 7 atom stereocenters. The highest BCUT2D eigenvalue weighted by molar-refractivity contribution is 7.61. The second-order valence-corrected chi connectivity index (χ2v) is 21.2. The van der Waals surface area contributed by atoms with Crippen LogP contribution < -0.4 is 11.4 Å². The number of phosphoric acid groups is 2. The predicted molar refractivity (Wildman–Crippen MR) is 262 cm³/mol. The van der Waals surface area contributed by atoms with Crippen molar-refractivity contribution < 1.29 is 71.1 Å². The van der Waals surface area contributed by atoms with Gasteiger partial charge in [-0.3, -0.25) is 28.0 Å². The fraction of sp³-hybridized carbons (Fsp3) is 0.771. The highest BCUT2D eigenvalue weighted by Crippen LogP contribution is 2.60. The van der Waals surface area contributed by atoms with E-state index in [9.17, 15) is 48.3 Å². The summed E-state index contributed by atoms with van der Waals surface area (Å²) in [6.07, 6.45) is 23.9. The molecule has 0 spiro atoms. The number of anilines is 1. The number of esters is 2. The minimum Gasteiger partial charge on any atom is -0.462 e. The summed E-state index contributed by atoms with van der Waals surface area (Å²) in [5.41, 5.74) is 4.58. The molecule has 21 heteroatoms. The topological polar surface area (TPSA) is 283 Å². The van der Waals surface area contributed by atoms with Crippen molar-refractivity contribution in [2.24, 2.45) is 5.92 Å². The van der Waals surface area contributed by atoms with E-state index in [1.54, 1.807) is 12.2 Å². The standard InChI is InChI=1S/C48H83N3O16P2/c1-4-5-23-29-39(52)30-25-20-16-12-10-14-17-21-26-31-43(53)62-35-40(65-44(54)32-27-22-18-13-9-7-6-8-11-15-19-24-28-38(2)3)36-63-68(58,59)67-69(60,61)64-37-41-45(55)46(56)47(66-41)51-34-33-42(49)50-48(51)57/h16,20,25,30,33-34,38,40-41,45-47,55-56H,4-15,17-19,21-24,26-29,31-32,35-37H2,1-3H3,(H,58,59)(H,60,61)(H2,49,50,57)/b20-16-,30-25+/t40-,41-,45-,46-,47-/m1/s1. The third-order valence-corrected chi connectivity index (χ3v) is 14.0. The number of aliphatic hydroxyl groups excluding tert-OH is 2. The largest absolute Gasteiger partial charge is 0.481 e. The first-order chi connectivity index (χ1) is 32.9. The number of nitrogen functional groups attached to an aromatic ring is 1. The zero-order chi connectivity index (χ0) is 50.9. The normalized spacial score (nSPS) is 19.5. The Morgan fingerprint density at radius 2 is 1.33 bits per heavy atom. The SMILES string of the molecule is CCCCCC(=O)/C=C/C=C\CCCCCCCC(=O)OC[C@H](COP(=O)(O)OP(=O)(O)OC[C@H]1O[C@@H](n2ccc(N)nc2=O)[C@H](O)[C@@H]1O)OC(=O)CCCCCCCCCCCCCCC(C)C. The Morgan fingerprint density at radius 3 is 1.94 bits per heavy atom. The number of ketones is 1. The number of allylic oxidation sites excluding steroid dienone is 4. The van der Waals surface area contributed by atoms with Crippen LogP contribution >= 0.6 is 15.6 Å². The number of nitrogens with two attached hydrogens (primary N) is 1. The van der Waals surface area contributed by atoms with Gasteiger partial charge in [0.25, 0.3) is 0 Å². The number of carbonyl (C=O) groups is 3. The van der Waals surface area contributed by atoms with Crippen LogP contribution in [0.15, 0.2) is 41.4 Å². The molecular formula is C48H83N3O16P2. The van der Waals surface area contributed by atoms with Crippen LogP contribution in [0.25, 0.3) is 0 Å². The van der Waals surface area contributed by atoms with Crippen molar-refractivity contribution in [3.05, 3.63) is 47.1 Å². The third-order valence-electron chi connectivity index (χ3n) is 11.4. The smallest absolute Gasteiger partial charge is 0.462 e. The minimum absolute atomic E-state index is 0.0354. The molecule has 0 aliphatic carbocycles. The lowest BCUT2D eigenvalue weighted by Crippen LogP contribution is -2.36. The number of nitrogens with zero attached hydrogens (tertiary/aromatic N) is 2. The van der Waals surface area contributed by atoms with Crippen LogP contribution in [0.4, 0.5) is 5.82 Å². The maximum atomic E-state index is 12.9. The van der Waals surface area contributed by atoms with Gasteiger partial charge >= 0.3 is 33.3 Å². The van der Waals surface area contributed by atoms with Crippen LogP contribution in [0.3, 0.4) is 0 Å². The van der Waals surface area contributed by atoms with Crippen molar-refractivity contribution in [1.82, 2.24) is 9.55 Å². The molecule has 69 heavy (non-hydrogen) atoms. The number of hydrogen-bond donors (Lipinski definition) is 5. The zero-order valence-electron chi connectivity index (χ0n) is 41.3. The van der Waals surface area contributed by atoms with E-state index in [1.165, 1.54) is 57.4 Å². The van der Waals surface area contributed by atoms with Crippen LogP contribution in [0.5, 0.6) is 0 Å². The van der Waals surface area contributed by atoms with E-state index in [-0.39, 0.29) is 24.4 Å². The summed E-state index contributed by atoms with van der Waals surface area (Å²) in [4.78, 5) is 73.7. The summed E-state index contributed by atoms with van der Waals surface area (Å²) in [5, 5.41) is 20.9. The molecule has 0 amide bonds. The van der Waals surface area contributed by atoms with E-state index in [0.717, 1.165) is 93.7 Å². The van der Waals surface area contributed by atoms with Gasteiger partial charge in [0.1, 0.15) is 30.7 Å². The molecule has 0 saturated carbocycles. The fourth-order valence-electron chi connectivity index (χ4n) is 7.48. The molecule has 0 bridgehead atoms. The Bertz CT molecular complexity index is 1830. The van der Waals surface area contributed by atoms with Crippen molar-refractivity contribution in [1.29, 1.82) is 0 Å². The second-order valence-electron chi connectivity index (χ2n) is 18.2. The zero-order valence-corrected chi connectivity index (χ0v) is 43.1. The molecule has 0 radical (unpaired) electrons. The lowest BCUT2D eigenvalue weighted by Gasteiger charge is -2.21. The Morgan fingerprint density at radius 1 is 0.768 bits per heavy atom. The minimum atomic E-state index is -5.44. The van der Waals surface area contributed by atoms with Crippen molar-refractivity contribution in [2.45, 2.75) is 212 Å². The molecule has 1 aromatic rings. The number of aliphatic hydroxyl groups is 2. The maximum absolute atomic E-state index is 12.9. The number of aromatic nitrogens is 2. The molecule has 2 rings (SSSR count). The van der Waals surface area contributed by atoms with Gasteiger partial charge in [-0.25, -0.2) is 13.9 Å². The van der Waals surface area contributed by atoms with E-state index >= 15 is 0 Å². The van der Waals surface area contributed by atoms with E-state index in [0.29, 0.717) is 19.3 Å². The molecule has 1 aliphatic heterocycles. The number of unbranched alkanes of at least 4 members (excludes halogenated alkanes) is 18. The average Bonchev–Trinajstić information content (AvgIpc) is 3.56. The Hall–Kier alpha value is -3.09. The molecule has 396 valence electrons. The van der Waals surface area contributed by atoms with Crippen molar-refractivity contribution in [3.63, 3.8) is 0 Å². The molecule has 1 fully saturated rings. The van der Waals surface area contributed by atoms with Gasteiger partial charge in [0.15, 0.2) is 18.1 Å². The first-order valence-electron chi connectivity index (χ1n) is 25.2. The van der Waals surface area contributed by atoms with Crippen LogP contribution in [-0.4, -0.2) is 91.5 Å². The average molecular weight is 1020 g/mol. The highest BCUT2D eigenvalue weighted by atomic mass is 31.3.